The van der Waals surface area contributed by atoms with Crippen LogP contribution in [-0.4, -0.2) is 29.2 Å². The van der Waals surface area contributed by atoms with Crippen LogP contribution in [0, 0.1) is 6.92 Å². The van der Waals surface area contributed by atoms with Crippen LogP contribution in [0.15, 0.2) is 30.3 Å². The third-order valence-corrected chi connectivity index (χ3v) is 3.79. The summed E-state index contributed by atoms with van der Waals surface area (Å²) in [5.74, 6) is 2.33. The van der Waals surface area contributed by atoms with Gasteiger partial charge in [-0.1, -0.05) is 29.3 Å². The lowest BCUT2D eigenvalue weighted by atomic mass is 10.3. The maximum Gasteiger partial charge on any atom is 0.134 e. The van der Waals surface area contributed by atoms with Crippen LogP contribution in [0.3, 0.4) is 0 Å². The molecule has 1 unspecified atom stereocenters. The fraction of sp³-hybridized carbons (Fsp3) is 0.333. The van der Waals surface area contributed by atoms with E-state index in [1.54, 1.807) is 6.07 Å². The molecule has 0 radical (unpaired) electrons. The number of aromatic nitrogens is 2. The van der Waals surface area contributed by atoms with Crippen LogP contribution in [0.2, 0.25) is 10.2 Å². The van der Waals surface area contributed by atoms with E-state index in [4.69, 9.17) is 27.9 Å². The standard InChI is InChI=1S/C15H15Cl2N3O/c1-10-18-14(17)8-15(19-10)20-6-5-13(9-20)21-12-4-2-3-11(16)7-12/h2-4,7-8,13H,5-6,9H2,1H3. The van der Waals surface area contributed by atoms with Crippen LogP contribution in [0.1, 0.15) is 12.2 Å². The normalized spacial score (nSPS) is 18.0. The lowest BCUT2D eigenvalue weighted by Gasteiger charge is -2.18. The summed E-state index contributed by atoms with van der Waals surface area (Å²) >= 11 is 12.0. The van der Waals surface area contributed by atoms with Gasteiger partial charge >= 0.3 is 0 Å². The summed E-state index contributed by atoms with van der Waals surface area (Å²) in [6.45, 7) is 3.50. The van der Waals surface area contributed by atoms with Crippen molar-refractivity contribution in [1.82, 2.24) is 9.97 Å². The molecule has 1 aliphatic rings. The molecule has 0 saturated carbocycles. The van der Waals surface area contributed by atoms with E-state index in [1.165, 1.54) is 0 Å². The highest BCUT2D eigenvalue weighted by Crippen LogP contribution is 2.25. The van der Waals surface area contributed by atoms with Crippen LogP contribution in [-0.2, 0) is 0 Å². The summed E-state index contributed by atoms with van der Waals surface area (Å²) in [7, 11) is 0. The number of anilines is 1. The highest BCUT2D eigenvalue weighted by Gasteiger charge is 2.25. The zero-order chi connectivity index (χ0) is 14.8. The summed E-state index contributed by atoms with van der Waals surface area (Å²) < 4.78 is 5.97. The van der Waals surface area contributed by atoms with Crippen molar-refractivity contribution in [2.75, 3.05) is 18.0 Å². The van der Waals surface area contributed by atoms with Gasteiger partial charge in [0, 0.05) is 24.1 Å². The number of rotatable bonds is 3. The van der Waals surface area contributed by atoms with Gasteiger partial charge in [-0.2, -0.15) is 0 Å². The molecule has 4 nitrogen and oxygen atoms in total. The summed E-state index contributed by atoms with van der Waals surface area (Å²) in [4.78, 5) is 10.7. The zero-order valence-corrected chi connectivity index (χ0v) is 13.1. The molecule has 1 saturated heterocycles. The molecule has 1 aromatic carbocycles. The van der Waals surface area contributed by atoms with E-state index < -0.39 is 0 Å². The molecule has 6 heteroatoms. The third kappa shape index (κ3) is 3.57. The van der Waals surface area contributed by atoms with E-state index in [2.05, 4.69) is 14.9 Å². The van der Waals surface area contributed by atoms with Crippen molar-refractivity contribution in [3.8, 4) is 5.75 Å². The Balaban J connectivity index is 1.68. The monoisotopic (exact) mass is 323 g/mol. The molecule has 0 aliphatic carbocycles. The van der Waals surface area contributed by atoms with Gasteiger partial charge in [0.15, 0.2) is 0 Å². The van der Waals surface area contributed by atoms with E-state index >= 15 is 0 Å². The average molecular weight is 324 g/mol. The molecule has 21 heavy (non-hydrogen) atoms. The van der Waals surface area contributed by atoms with Crippen LogP contribution >= 0.6 is 23.2 Å². The van der Waals surface area contributed by atoms with Crippen LogP contribution in [0.25, 0.3) is 0 Å². The Hall–Kier alpha value is -1.52. The first-order chi connectivity index (χ1) is 10.1. The van der Waals surface area contributed by atoms with Gasteiger partial charge in [0.25, 0.3) is 0 Å². The van der Waals surface area contributed by atoms with Gasteiger partial charge in [-0.05, 0) is 25.1 Å². The molecule has 2 aromatic rings. The second kappa shape index (κ2) is 6.08. The first-order valence-corrected chi connectivity index (χ1v) is 7.54. The minimum absolute atomic E-state index is 0.123. The first-order valence-electron chi connectivity index (χ1n) is 6.78. The van der Waals surface area contributed by atoms with E-state index in [0.717, 1.165) is 31.1 Å². The van der Waals surface area contributed by atoms with Crippen molar-refractivity contribution in [2.45, 2.75) is 19.4 Å². The number of aryl methyl sites for hydroxylation is 1. The highest BCUT2D eigenvalue weighted by molar-refractivity contribution is 6.30. The molecular weight excluding hydrogens is 309 g/mol. The fourth-order valence-corrected chi connectivity index (χ4v) is 2.84. The van der Waals surface area contributed by atoms with Gasteiger partial charge in [-0.3, -0.25) is 0 Å². The number of hydrogen-bond acceptors (Lipinski definition) is 4. The molecule has 1 atom stereocenters. The minimum atomic E-state index is 0.123. The molecule has 0 amide bonds. The molecule has 2 heterocycles. The molecule has 0 spiro atoms. The molecule has 1 aliphatic heterocycles. The van der Waals surface area contributed by atoms with Crippen molar-refractivity contribution >= 4 is 29.0 Å². The first kappa shape index (κ1) is 14.4. The molecule has 1 fully saturated rings. The van der Waals surface area contributed by atoms with Gasteiger partial charge in [-0.15, -0.1) is 0 Å². The quantitative estimate of drug-likeness (QED) is 0.806. The second-order valence-electron chi connectivity index (χ2n) is 5.03. The maximum atomic E-state index is 5.99. The van der Waals surface area contributed by atoms with Crippen LogP contribution in [0.4, 0.5) is 5.82 Å². The van der Waals surface area contributed by atoms with Crippen molar-refractivity contribution in [2.24, 2.45) is 0 Å². The topological polar surface area (TPSA) is 38.2 Å². The zero-order valence-electron chi connectivity index (χ0n) is 11.6. The number of hydrogen-bond donors (Lipinski definition) is 0. The number of halogens is 2. The summed E-state index contributed by atoms with van der Waals surface area (Å²) in [6, 6.07) is 9.26. The van der Waals surface area contributed by atoms with E-state index in [-0.39, 0.29) is 6.10 Å². The summed E-state index contributed by atoms with van der Waals surface area (Å²) in [6.07, 6.45) is 1.06. The van der Waals surface area contributed by atoms with Gasteiger partial charge in [0.1, 0.15) is 28.6 Å². The predicted molar refractivity (Wildman–Crippen MR) is 84.5 cm³/mol. The van der Waals surface area contributed by atoms with E-state index in [9.17, 15) is 0 Å². The highest BCUT2D eigenvalue weighted by atomic mass is 35.5. The Kier molecular flexibility index (Phi) is 4.17. The van der Waals surface area contributed by atoms with Crippen molar-refractivity contribution in [3.05, 3.63) is 46.3 Å². The van der Waals surface area contributed by atoms with Gasteiger partial charge in [-0.25, -0.2) is 9.97 Å². The lowest BCUT2D eigenvalue weighted by molar-refractivity contribution is 0.225. The SMILES string of the molecule is Cc1nc(Cl)cc(N2CCC(Oc3cccc(Cl)c3)C2)n1. The Morgan fingerprint density at radius 2 is 2.10 bits per heavy atom. The van der Waals surface area contributed by atoms with E-state index in [0.29, 0.717) is 16.0 Å². The molecule has 0 bridgehead atoms. The van der Waals surface area contributed by atoms with E-state index in [1.807, 2.05) is 31.2 Å². The van der Waals surface area contributed by atoms with Crippen molar-refractivity contribution in [3.63, 3.8) is 0 Å². The third-order valence-electron chi connectivity index (χ3n) is 3.36. The Bertz CT molecular complexity index is 630. The lowest BCUT2D eigenvalue weighted by Crippen LogP contribution is -2.25. The predicted octanol–water partition coefficient (Wildman–Crippen LogP) is 3.75. The van der Waals surface area contributed by atoms with Crippen LogP contribution < -0.4 is 9.64 Å². The Morgan fingerprint density at radius 1 is 1.24 bits per heavy atom. The summed E-state index contributed by atoms with van der Waals surface area (Å²) in [5.41, 5.74) is 0. The number of ether oxygens (including phenoxy) is 1. The summed E-state index contributed by atoms with van der Waals surface area (Å²) in [5, 5.41) is 1.15. The molecular formula is C15H15Cl2N3O. The van der Waals surface area contributed by atoms with Gasteiger partial charge < -0.3 is 9.64 Å². The largest absolute Gasteiger partial charge is 0.488 e. The number of benzene rings is 1. The minimum Gasteiger partial charge on any atom is -0.488 e. The van der Waals surface area contributed by atoms with Crippen molar-refractivity contribution < 1.29 is 4.74 Å². The molecule has 1 aromatic heterocycles. The average Bonchev–Trinajstić information content (AvgIpc) is 2.86. The van der Waals surface area contributed by atoms with Crippen molar-refractivity contribution in [1.29, 1.82) is 0 Å². The fourth-order valence-electron chi connectivity index (χ4n) is 2.44. The molecule has 110 valence electrons. The van der Waals surface area contributed by atoms with Crippen LogP contribution in [0.5, 0.6) is 5.75 Å². The second-order valence-corrected chi connectivity index (χ2v) is 5.85. The number of nitrogens with zero attached hydrogens (tertiary/aromatic N) is 3. The maximum absolute atomic E-state index is 5.99. The molecule has 0 N–H and O–H groups in total. The smallest absolute Gasteiger partial charge is 0.134 e. The Morgan fingerprint density at radius 3 is 2.86 bits per heavy atom. The van der Waals surface area contributed by atoms with Gasteiger partial charge in [0.2, 0.25) is 0 Å². The molecule has 3 rings (SSSR count). The Labute approximate surface area is 133 Å². The van der Waals surface area contributed by atoms with Gasteiger partial charge in [0.05, 0.1) is 6.54 Å².